The van der Waals surface area contributed by atoms with E-state index >= 15 is 0 Å². The molecule has 1 heterocycles. The molecule has 0 amide bonds. The number of aryl methyl sites for hydroxylation is 1. The lowest BCUT2D eigenvalue weighted by Gasteiger charge is -2.09. The number of ether oxygens (including phenoxy) is 2. The Morgan fingerprint density at radius 2 is 1.96 bits per heavy atom. The van der Waals surface area contributed by atoms with E-state index in [0.29, 0.717) is 28.2 Å². The van der Waals surface area contributed by atoms with Crippen LogP contribution in [0.1, 0.15) is 16.8 Å². The molecule has 0 radical (unpaired) electrons. The molecule has 25 heavy (non-hydrogen) atoms. The molecule has 0 atom stereocenters. The van der Waals surface area contributed by atoms with Crippen LogP contribution < -0.4 is 15.1 Å². The van der Waals surface area contributed by atoms with E-state index in [2.05, 4.69) is 4.98 Å². The Bertz CT molecular complexity index is 1020. The molecule has 2 aromatic carbocycles. The van der Waals surface area contributed by atoms with Gasteiger partial charge >= 0.3 is 5.63 Å². The van der Waals surface area contributed by atoms with Gasteiger partial charge < -0.3 is 19.0 Å². The molecule has 0 saturated heterocycles. The fraction of sp³-hybridized carbons (Fsp3) is 0.158. The number of methoxy groups -OCH3 is 2. The van der Waals surface area contributed by atoms with E-state index in [1.54, 1.807) is 30.3 Å². The number of nitrogens with zero attached hydrogens (tertiary/aromatic N) is 1. The topological polar surface area (TPSA) is 81.8 Å². The smallest absolute Gasteiger partial charge is 0.362 e. The van der Waals surface area contributed by atoms with Crippen molar-refractivity contribution in [3.63, 3.8) is 0 Å². The van der Waals surface area contributed by atoms with Crippen molar-refractivity contribution in [2.24, 2.45) is 0 Å². The number of hydrogen-bond acceptors (Lipinski definition) is 6. The first-order valence-electron chi connectivity index (χ1n) is 7.56. The van der Waals surface area contributed by atoms with Gasteiger partial charge in [-0.25, -0.2) is 9.78 Å². The summed E-state index contributed by atoms with van der Waals surface area (Å²) in [7, 11) is 3.02. The Morgan fingerprint density at radius 1 is 1.16 bits per heavy atom. The van der Waals surface area contributed by atoms with Crippen molar-refractivity contribution >= 4 is 22.9 Å². The van der Waals surface area contributed by atoms with Crippen molar-refractivity contribution in [2.75, 3.05) is 14.2 Å². The minimum atomic E-state index is -0.629. The molecule has 0 unspecified atom stereocenters. The molecule has 6 nitrogen and oxygen atoms in total. The second-order valence-electron chi connectivity index (χ2n) is 5.45. The molecule has 0 spiro atoms. The highest BCUT2D eigenvalue weighted by atomic mass is 16.5. The van der Waals surface area contributed by atoms with Crippen LogP contribution in [0.15, 0.2) is 45.6 Å². The van der Waals surface area contributed by atoms with Gasteiger partial charge in [-0.1, -0.05) is 6.07 Å². The summed E-state index contributed by atoms with van der Waals surface area (Å²) in [5.74, 6) is 0.840. The molecule has 3 rings (SSSR count). The number of benzene rings is 2. The van der Waals surface area contributed by atoms with E-state index in [0.717, 1.165) is 5.56 Å². The van der Waals surface area contributed by atoms with Gasteiger partial charge in [0.15, 0.2) is 11.3 Å². The van der Waals surface area contributed by atoms with Crippen LogP contribution in [0.2, 0.25) is 0 Å². The Hall–Kier alpha value is -3.28. The van der Waals surface area contributed by atoms with Crippen LogP contribution in [-0.2, 0) is 0 Å². The number of hydrogen-bond donors (Lipinski definition) is 1. The molecule has 0 fully saturated rings. The highest BCUT2D eigenvalue weighted by Gasteiger charge is 2.12. The average Bonchev–Trinajstić information content (AvgIpc) is 2.62. The molecular weight excluding hydrogens is 322 g/mol. The molecule has 0 bridgehead atoms. The van der Waals surface area contributed by atoms with Gasteiger partial charge in [-0.3, -0.25) is 0 Å². The zero-order valence-electron chi connectivity index (χ0n) is 14.1. The monoisotopic (exact) mass is 339 g/mol. The lowest BCUT2D eigenvalue weighted by atomic mass is 10.1. The third kappa shape index (κ3) is 3.33. The van der Waals surface area contributed by atoms with Gasteiger partial charge in [0, 0.05) is 12.1 Å². The van der Waals surface area contributed by atoms with Crippen LogP contribution in [0.4, 0.5) is 0 Å². The number of aliphatic hydroxyl groups excluding tert-OH is 1. The van der Waals surface area contributed by atoms with E-state index in [4.69, 9.17) is 13.9 Å². The summed E-state index contributed by atoms with van der Waals surface area (Å²) in [5, 5.41) is 10.4. The number of rotatable bonds is 4. The zero-order valence-corrected chi connectivity index (χ0v) is 14.1. The van der Waals surface area contributed by atoms with Crippen LogP contribution >= 0.6 is 0 Å². The molecule has 3 aromatic rings. The van der Waals surface area contributed by atoms with Gasteiger partial charge in [0.05, 0.1) is 19.8 Å². The number of aliphatic hydroxyl groups is 1. The van der Waals surface area contributed by atoms with E-state index in [9.17, 15) is 9.90 Å². The van der Waals surface area contributed by atoms with Gasteiger partial charge in [0.1, 0.15) is 22.8 Å². The van der Waals surface area contributed by atoms with Gasteiger partial charge in [-0.2, -0.15) is 0 Å². The fourth-order valence-corrected chi connectivity index (χ4v) is 2.44. The maximum absolute atomic E-state index is 12.1. The van der Waals surface area contributed by atoms with Crippen LogP contribution in [0.5, 0.6) is 11.5 Å². The first-order valence-corrected chi connectivity index (χ1v) is 7.56. The van der Waals surface area contributed by atoms with Crippen LogP contribution in [0.25, 0.3) is 22.9 Å². The highest BCUT2D eigenvalue weighted by molar-refractivity contribution is 5.80. The van der Waals surface area contributed by atoms with E-state index in [-0.39, 0.29) is 11.5 Å². The Kier molecular flexibility index (Phi) is 4.43. The Balaban J connectivity index is 2.09. The minimum Gasteiger partial charge on any atom is -0.507 e. The average molecular weight is 339 g/mol. The molecular formula is C19H17NO5. The van der Waals surface area contributed by atoms with Crippen LogP contribution in [-0.4, -0.2) is 24.3 Å². The highest BCUT2D eigenvalue weighted by Crippen LogP contribution is 2.29. The first-order chi connectivity index (χ1) is 12.0. The van der Waals surface area contributed by atoms with Crippen molar-refractivity contribution in [2.45, 2.75) is 6.92 Å². The molecule has 0 aliphatic heterocycles. The summed E-state index contributed by atoms with van der Waals surface area (Å²) in [5.41, 5.74) is 1.72. The summed E-state index contributed by atoms with van der Waals surface area (Å²) in [6, 6.07) is 10.3. The third-order valence-electron chi connectivity index (χ3n) is 3.73. The van der Waals surface area contributed by atoms with Gasteiger partial charge in [0.25, 0.3) is 0 Å². The van der Waals surface area contributed by atoms with E-state index in [1.807, 2.05) is 13.0 Å². The van der Waals surface area contributed by atoms with Gasteiger partial charge in [-0.15, -0.1) is 0 Å². The minimum absolute atomic E-state index is 0.00784. The molecule has 0 saturated carbocycles. The summed E-state index contributed by atoms with van der Waals surface area (Å²) >= 11 is 0. The molecule has 1 N–H and O–H groups in total. The SMILES string of the molecule is COc1ccc(/C(O)=C/c2nc3cc(C)ccc3oc2=O)c(OC)c1. The van der Waals surface area contributed by atoms with Crippen molar-refractivity contribution in [1.29, 1.82) is 0 Å². The fourth-order valence-electron chi connectivity index (χ4n) is 2.44. The quantitative estimate of drug-likeness (QED) is 0.732. The largest absolute Gasteiger partial charge is 0.507 e. The summed E-state index contributed by atoms with van der Waals surface area (Å²) in [4.78, 5) is 16.4. The maximum Gasteiger partial charge on any atom is 0.362 e. The Morgan fingerprint density at radius 3 is 2.68 bits per heavy atom. The van der Waals surface area contributed by atoms with Gasteiger partial charge in [-0.05, 0) is 36.8 Å². The second-order valence-corrected chi connectivity index (χ2v) is 5.45. The molecule has 128 valence electrons. The van der Waals surface area contributed by atoms with Crippen LogP contribution in [0, 0.1) is 6.92 Å². The summed E-state index contributed by atoms with van der Waals surface area (Å²) in [6.07, 6.45) is 1.26. The maximum atomic E-state index is 12.1. The molecule has 0 aliphatic rings. The Labute approximate surface area is 144 Å². The lowest BCUT2D eigenvalue weighted by Crippen LogP contribution is -2.07. The zero-order chi connectivity index (χ0) is 18.0. The predicted molar refractivity (Wildman–Crippen MR) is 95.1 cm³/mol. The van der Waals surface area contributed by atoms with Crippen LogP contribution in [0.3, 0.4) is 0 Å². The normalized spacial score (nSPS) is 11.6. The number of aromatic nitrogens is 1. The predicted octanol–water partition coefficient (Wildman–Crippen LogP) is 3.57. The third-order valence-corrected chi connectivity index (χ3v) is 3.73. The van der Waals surface area contributed by atoms with E-state index < -0.39 is 5.63 Å². The number of fused-ring (bicyclic) bond motifs is 1. The second kappa shape index (κ2) is 6.68. The van der Waals surface area contributed by atoms with E-state index in [1.165, 1.54) is 20.3 Å². The van der Waals surface area contributed by atoms with Crippen molar-refractivity contribution in [1.82, 2.24) is 4.98 Å². The molecule has 1 aromatic heterocycles. The van der Waals surface area contributed by atoms with Crippen molar-refractivity contribution in [3.8, 4) is 11.5 Å². The van der Waals surface area contributed by atoms with Crippen molar-refractivity contribution in [3.05, 3.63) is 63.6 Å². The summed E-state index contributed by atoms with van der Waals surface area (Å²) in [6.45, 7) is 1.92. The lowest BCUT2D eigenvalue weighted by molar-refractivity contribution is 0.391. The van der Waals surface area contributed by atoms with Crippen molar-refractivity contribution < 1.29 is 19.0 Å². The standard InChI is InChI=1S/C19H17NO5/c1-11-4-7-17-14(8-11)20-15(19(22)25-17)10-16(21)13-6-5-12(23-2)9-18(13)24-3/h4-10,21H,1-3H3/b16-10-. The molecule has 6 heteroatoms. The van der Waals surface area contributed by atoms with Gasteiger partial charge in [0.2, 0.25) is 0 Å². The first kappa shape index (κ1) is 16.6. The summed E-state index contributed by atoms with van der Waals surface area (Å²) < 4.78 is 15.6. The molecule has 0 aliphatic carbocycles.